The zero-order valence-electron chi connectivity index (χ0n) is 14.2. The van der Waals surface area contributed by atoms with Crippen molar-refractivity contribution in [1.29, 1.82) is 0 Å². The van der Waals surface area contributed by atoms with Crippen LogP contribution in [0.15, 0.2) is 35.4 Å². The van der Waals surface area contributed by atoms with Gasteiger partial charge in [0, 0.05) is 5.56 Å². The zero-order chi connectivity index (χ0) is 18.4. The molecule has 0 saturated heterocycles. The number of nitrogens with zero attached hydrogens (tertiary/aromatic N) is 1. The molecule has 132 valence electrons. The third-order valence-electron chi connectivity index (χ3n) is 3.55. The highest BCUT2D eigenvalue weighted by Gasteiger charge is 2.08. The Balaban J connectivity index is 1.90. The van der Waals surface area contributed by atoms with E-state index in [1.165, 1.54) is 25.5 Å². The summed E-state index contributed by atoms with van der Waals surface area (Å²) in [5.74, 6) is -0.415. The number of nitrogens with one attached hydrogen (secondary N) is 1. The summed E-state index contributed by atoms with van der Waals surface area (Å²) in [7, 11) is 1.36. The van der Waals surface area contributed by atoms with Crippen LogP contribution >= 0.6 is 0 Å². The average Bonchev–Trinajstić information content (AvgIpc) is 2.59. The summed E-state index contributed by atoms with van der Waals surface area (Å²) in [6, 6.07) is 8.34. The number of hydrogen-bond acceptors (Lipinski definition) is 6. The lowest BCUT2D eigenvalue weighted by Gasteiger charge is -2.07. The van der Waals surface area contributed by atoms with Gasteiger partial charge in [-0.25, -0.2) is 5.43 Å². The zero-order valence-corrected chi connectivity index (χ0v) is 14.2. The molecular weight excluding hydrogens is 324 g/mol. The van der Waals surface area contributed by atoms with Gasteiger partial charge >= 0.3 is 0 Å². The molecule has 1 amide bonds. The molecular formula is C18H20N2O5. The van der Waals surface area contributed by atoms with Gasteiger partial charge in [0.05, 0.1) is 13.3 Å². The fraction of sp³-hybridized carbons (Fsp3) is 0.222. The number of benzene rings is 2. The first-order chi connectivity index (χ1) is 11.9. The molecule has 0 fully saturated rings. The molecule has 0 bridgehead atoms. The second kappa shape index (κ2) is 8.05. The minimum Gasteiger partial charge on any atom is -0.504 e. The van der Waals surface area contributed by atoms with Gasteiger partial charge in [-0.3, -0.25) is 4.79 Å². The Bertz CT molecular complexity index is 802. The first-order valence-electron chi connectivity index (χ1n) is 7.52. The number of aryl methyl sites for hydroxylation is 2. The Kier molecular flexibility index (Phi) is 5.84. The highest BCUT2D eigenvalue weighted by atomic mass is 16.5. The first-order valence-corrected chi connectivity index (χ1v) is 7.52. The summed E-state index contributed by atoms with van der Waals surface area (Å²) in [5, 5.41) is 22.9. The lowest BCUT2D eigenvalue weighted by molar-refractivity contribution is -0.123. The smallest absolute Gasteiger partial charge is 0.277 e. The van der Waals surface area contributed by atoms with Crippen molar-refractivity contribution in [2.45, 2.75) is 13.8 Å². The van der Waals surface area contributed by atoms with E-state index in [-0.39, 0.29) is 23.9 Å². The van der Waals surface area contributed by atoms with Gasteiger partial charge in [-0.15, -0.1) is 0 Å². The lowest BCUT2D eigenvalue weighted by Crippen LogP contribution is -2.24. The molecule has 0 aromatic heterocycles. The van der Waals surface area contributed by atoms with Gasteiger partial charge in [0.25, 0.3) is 5.91 Å². The fourth-order valence-electron chi connectivity index (χ4n) is 2.01. The van der Waals surface area contributed by atoms with Crippen molar-refractivity contribution in [3.8, 4) is 23.0 Å². The Hall–Kier alpha value is -3.22. The van der Waals surface area contributed by atoms with Gasteiger partial charge in [-0.1, -0.05) is 6.07 Å². The largest absolute Gasteiger partial charge is 0.504 e. The van der Waals surface area contributed by atoms with Crippen LogP contribution in [-0.2, 0) is 4.79 Å². The molecule has 2 aromatic carbocycles. The van der Waals surface area contributed by atoms with Gasteiger partial charge in [-0.2, -0.15) is 5.10 Å². The van der Waals surface area contributed by atoms with Crippen LogP contribution in [-0.4, -0.2) is 36.1 Å². The van der Waals surface area contributed by atoms with Gasteiger partial charge in [0.1, 0.15) is 5.75 Å². The molecule has 2 rings (SSSR count). The van der Waals surface area contributed by atoms with Gasteiger partial charge in [0.15, 0.2) is 18.1 Å². The van der Waals surface area contributed by atoms with Crippen LogP contribution in [0.4, 0.5) is 0 Å². The Morgan fingerprint density at radius 1 is 1.20 bits per heavy atom. The van der Waals surface area contributed by atoms with Crippen LogP contribution in [0.3, 0.4) is 0 Å². The molecule has 0 saturated carbocycles. The van der Waals surface area contributed by atoms with E-state index in [4.69, 9.17) is 9.47 Å². The Labute approximate surface area is 145 Å². The monoisotopic (exact) mass is 344 g/mol. The van der Waals surface area contributed by atoms with E-state index in [9.17, 15) is 15.0 Å². The standard InChI is InChI=1S/C18H20N2O5/c1-11-4-5-14(6-12(11)2)25-10-17(22)20-19-9-13-7-15(21)18(23)16(8-13)24-3/h4-9,21,23H,10H2,1-3H3,(H,20,22)/b19-9+. The molecule has 0 unspecified atom stereocenters. The normalized spacial score (nSPS) is 10.7. The van der Waals surface area contributed by atoms with E-state index in [0.29, 0.717) is 11.3 Å². The second-order valence-corrected chi connectivity index (χ2v) is 5.42. The highest BCUT2D eigenvalue weighted by Crippen LogP contribution is 2.35. The van der Waals surface area contributed by atoms with E-state index in [1.807, 2.05) is 26.0 Å². The van der Waals surface area contributed by atoms with E-state index in [2.05, 4.69) is 10.5 Å². The molecule has 7 nitrogen and oxygen atoms in total. The molecule has 7 heteroatoms. The number of ether oxygens (including phenoxy) is 2. The summed E-state index contributed by atoms with van der Waals surface area (Å²) in [6.07, 6.45) is 1.32. The summed E-state index contributed by atoms with van der Waals surface area (Å²) >= 11 is 0. The summed E-state index contributed by atoms with van der Waals surface area (Å²) in [6.45, 7) is 3.79. The minimum atomic E-state index is -0.426. The minimum absolute atomic E-state index is 0.103. The third kappa shape index (κ3) is 4.87. The Morgan fingerprint density at radius 3 is 2.64 bits per heavy atom. The van der Waals surface area contributed by atoms with Crippen molar-refractivity contribution in [2.75, 3.05) is 13.7 Å². The summed E-state index contributed by atoms with van der Waals surface area (Å²) < 4.78 is 10.3. The van der Waals surface area contributed by atoms with Crippen molar-refractivity contribution in [3.63, 3.8) is 0 Å². The van der Waals surface area contributed by atoms with Gasteiger partial charge in [0.2, 0.25) is 5.75 Å². The predicted octanol–water partition coefficient (Wildman–Crippen LogP) is 2.25. The number of hydrogen-bond donors (Lipinski definition) is 3. The molecule has 0 aliphatic rings. The number of hydrazone groups is 1. The third-order valence-corrected chi connectivity index (χ3v) is 3.55. The molecule has 0 aliphatic heterocycles. The van der Waals surface area contributed by atoms with E-state index < -0.39 is 5.91 Å². The van der Waals surface area contributed by atoms with Crippen molar-refractivity contribution in [3.05, 3.63) is 47.0 Å². The number of methoxy groups -OCH3 is 1. The SMILES string of the molecule is COc1cc(/C=N/NC(=O)COc2ccc(C)c(C)c2)cc(O)c1O. The number of phenols is 2. The van der Waals surface area contributed by atoms with Crippen molar-refractivity contribution in [1.82, 2.24) is 5.43 Å². The molecule has 0 aliphatic carbocycles. The van der Waals surface area contributed by atoms with Crippen molar-refractivity contribution < 1.29 is 24.5 Å². The van der Waals surface area contributed by atoms with Gasteiger partial charge in [-0.05, 0) is 49.2 Å². The quantitative estimate of drug-likeness (QED) is 0.424. The number of aromatic hydroxyl groups is 2. The maximum absolute atomic E-state index is 11.7. The van der Waals surface area contributed by atoms with E-state index >= 15 is 0 Å². The second-order valence-electron chi connectivity index (χ2n) is 5.42. The van der Waals surface area contributed by atoms with Crippen LogP contribution in [0.2, 0.25) is 0 Å². The molecule has 0 heterocycles. The first kappa shape index (κ1) is 18.1. The number of carbonyl (C=O) groups excluding carboxylic acids is 1. The number of amides is 1. The summed E-state index contributed by atoms with van der Waals surface area (Å²) in [4.78, 5) is 11.7. The number of phenolic OH excluding ortho intramolecular Hbond substituents is 2. The fourth-order valence-corrected chi connectivity index (χ4v) is 2.01. The number of carbonyl (C=O) groups is 1. The number of rotatable bonds is 6. The molecule has 0 atom stereocenters. The molecule has 0 spiro atoms. The van der Waals surface area contributed by atoms with Crippen LogP contribution in [0.1, 0.15) is 16.7 Å². The average molecular weight is 344 g/mol. The van der Waals surface area contributed by atoms with Crippen LogP contribution in [0.25, 0.3) is 0 Å². The van der Waals surface area contributed by atoms with Crippen molar-refractivity contribution >= 4 is 12.1 Å². The maximum Gasteiger partial charge on any atom is 0.277 e. The highest BCUT2D eigenvalue weighted by molar-refractivity contribution is 5.84. The van der Waals surface area contributed by atoms with Crippen LogP contribution in [0.5, 0.6) is 23.0 Å². The molecule has 2 aromatic rings. The topological polar surface area (TPSA) is 100 Å². The lowest BCUT2D eigenvalue weighted by atomic mass is 10.1. The van der Waals surface area contributed by atoms with Crippen LogP contribution < -0.4 is 14.9 Å². The van der Waals surface area contributed by atoms with E-state index in [1.54, 1.807) is 6.07 Å². The predicted molar refractivity (Wildman–Crippen MR) is 93.5 cm³/mol. The van der Waals surface area contributed by atoms with E-state index in [0.717, 1.165) is 11.1 Å². The van der Waals surface area contributed by atoms with Crippen molar-refractivity contribution in [2.24, 2.45) is 5.10 Å². The van der Waals surface area contributed by atoms with Crippen LogP contribution in [0, 0.1) is 13.8 Å². The maximum atomic E-state index is 11.7. The summed E-state index contributed by atoms with van der Waals surface area (Å²) in [5.41, 5.74) is 4.99. The van der Waals surface area contributed by atoms with Gasteiger partial charge < -0.3 is 19.7 Å². The Morgan fingerprint density at radius 2 is 1.96 bits per heavy atom. The molecule has 25 heavy (non-hydrogen) atoms. The molecule has 3 N–H and O–H groups in total. The molecule has 0 radical (unpaired) electrons.